The van der Waals surface area contributed by atoms with E-state index in [4.69, 9.17) is 11.6 Å². The molecule has 1 amide bonds. The van der Waals surface area contributed by atoms with Crippen LogP contribution in [0, 0.1) is 5.92 Å². The Kier molecular flexibility index (Phi) is 8.70. The van der Waals surface area contributed by atoms with Gasteiger partial charge in [-0.15, -0.1) is 0 Å². The summed E-state index contributed by atoms with van der Waals surface area (Å²) in [5, 5.41) is 12.6. The molecule has 1 atom stereocenters. The van der Waals surface area contributed by atoms with Crippen LogP contribution >= 0.6 is 11.6 Å². The second kappa shape index (κ2) is 12.2. The van der Waals surface area contributed by atoms with Crippen molar-refractivity contribution in [3.8, 4) is 0 Å². The molecule has 0 radical (unpaired) electrons. The van der Waals surface area contributed by atoms with E-state index < -0.39 is 54.6 Å². The lowest BCUT2D eigenvalue weighted by molar-refractivity contribution is -0.145. The predicted octanol–water partition coefficient (Wildman–Crippen LogP) is 5.20. The van der Waals surface area contributed by atoms with Crippen LogP contribution in [-0.2, 0) is 11.0 Å². The molecule has 2 aromatic heterocycles. The van der Waals surface area contributed by atoms with Crippen molar-refractivity contribution in [3.63, 3.8) is 0 Å². The molecule has 2 aliphatic heterocycles. The number of likely N-dealkylation sites (tertiary alicyclic amines) is 1. The Morgan fingerprint density at radius 2 is 1.70 bits per heavy atom. The minimum absolute atomic E-state index is 0.0417. The number of nitrogens with one attached hydrogen (secondary N) is 1. The highest BCUT2D eigenvalue weighted by molar-refractivity contribution is 6.35. The number of pyridine rings is 1. The minimum Gasteiger partial charge on any atom is -0.481 e. The van der Waals surface area contributed by atoms with Crippen LogP contribution in [0.2, 0.25) is 5.02 Å². The van der Waals surface area contributed by atoms with Crippen molar-refractivity contribution in [2.45, 2.75) is 43.8 Å². The highest BCUT2D eigenvalue weighted by Crippen LogP contribution is 2.34. The summed E-state index contributed by atoms with van der Waals surface area (Å²) < 4.78 is 66.8. The molecule has 15 heteroatoms. The topological polar surface area (TPSA) is 112 Å². The number of carbonyl (C=O) groups is 2. The number of nitrogens with zero attached hydrogens (tertiary/aromatic N) is 5. The maximum Gasteiger partial charge on any atom is 0.451 e. The highest BCUT2D eigenvalue weighted by Gasteiger charge is 2.38. The molecule has 43 heavy (non-hydrogen) atoms. The first-order valence-electron chi connectivity index (χ1n) is 13.7. The molecule has 5 rings (SSSR count). The third-order valence-electron chi connectivity index (χ3n) is 7.94. The van der Waals surface area contributed by atoms with Gasteiger partial charge in [0, 0.05) is 68.9 Å². The molecule has 2 aliphatic rings. The maximum atomic E-state index is 13.9. The molecule has 9 nitrogen and oxygen atoms in total. The summed E-state index contributed by atoms with van der Waals surface area (Å²) in [6.07, 6.45) is -2.65. The maximum absolute atomic E-state index is 13.9. The fourth-order valence-corrected chi connectivity index (χ4v) is 5.73. The molecule has 2 fully saturated rings. The van der Waals surface area contributed by atoms with Crippen LogP contribution in [0.4, 0.5) is 27.8 Å². The number of amides is 1. The van der Waals surface area contributed by atoms with E-state index in [-0.39, 0.29) is 35.8 Å². The van der Waals surface area contributed by atoms with Crippen LogP contribution in [0.15, 0.2) is 36.7 Å². The molecule has 0 spiro atoms. The van der Waals surface area contributed by atoms with E-state index in [0.29, 0.717) is 42.7 Å². The number of alkyl halides is 5. The van der Waals surface area contributed by atoms with E-state index in [0.717, 1.165) is 12.4 Å². The second-order valence-electron chi connectivity index (χ2n) is 10.7. The molecule has 2 N–H and O–H groups in total. The van der Waals surface area contributed by atoms with E-state index in [1.165, 1.54) is 6.07 Å². The molecule has 3 aromatic rings. The van der Waals surface area contributed by atoms with Crippen molar-refractivity contribution in [1.29, 1.82) is 0 Å². The van der Waals surface area contributed by atoms with Crippen LogP contribution in [0.1, 0.15) is 53.5 Å². The van der Waals surface area contributed by atoms with E-state index in [2.05, 4.69) is 20.3 Å². The molecule has 1 unspecified atom stereocenters. The first kappa shape index (κ1) is 30.8. The van der Waals surface area contributed by atoms with Gasteiger partial charge in [0.2, 0.25) is 5.82 Å². The Morgan fingerprint density at radius 3 is 2.30 bits per heavy atom. The second-order valence-corrected chi connectivity index (χ2v) is 11.1. The quantitative estimate of drug-likeness (QED) is 0.344. The number of piperidine rings is 2. The van der Waals surface area contributed by atoms with Gasteiger partial charge >= 0.3 is 12.1 Å². The van der Waals surface area contributed by atoms with E-state index >= 15 is 0 Å². The summed E-state index contributed by atoms with van der Waals surface area (Å²) in [6, 6.07) is 5.86. The fraction of sp³-hybridized carbons (Fsp3) is 0.464. The lowest BCUT2D eigenvalue weighted by Gasteiger charge is -2.37. The van der Waals surface area contributed by atoms with Crippen molar-refractivity contribution in [2.75, 3.05) is 37.6 Å². The number of carboxylic acids is 1. The first-order chi connectivity index (χ1) is 20.3. The predicted molar refractivity (Wildman–Crippen MR) is 147 cm³/mol. The third kappa shape index (κ3) is 6.96. The van der Waals surface area contributed by atoms with Crippen LogP contribution in [0.3, 0.4) is 0 Å². The number of benzene rings is 1. The van der Waals surface area contributed by atoms with Crippen molar-refractivity contribution in [2.24, 2.45) is 5.92 Å². The average molecular weight is 627 g/mol. The summed E-state index contributed by atoms with van der Waals surface area (Å²) in [7, 11) is 0. The molecular formula is C28H28ClF5N6O3. The zero-order valence-electron chi connectivity index (χ0n) is 22.8. The van der Waals surface area contributed by atoms with E-state index in [1.54, 1.807) is 23.1 Å². The van der Waals surface area contributed by atoms with Crippen LogP contribution in [-0.4, -0.2) is 75.5 Å². The summed E-state index contributed by atoms with van der Waals surface area (Å²) in [4.78, 5) is 39.9. The molecule has 4 heterocycles. The number of halogens is 6. The van der Waals surface area contributed by atoms with Crippen LogP contribution in [0.25, 0.3) is 10.9 Å². The van der Waals surface area contributed by atoms with Crippen LogP contribution in [0.5, 0.6) is 0 Å². The number of hydrogen-bond donors (Lipinski definition) is 2. The van der Waals surface area contributed by atoms with Gasteiger partial charge < -0.3 is 15.3 Å². The average Bonchev–Trinajstić information content (AvgIpc) is 2.97. The van der Waals surface area contributed by atoms with Gasteiger partial charge in [0.25, 0.3) is 11.8 Å². The van der Waals surface area contributed by atoms with Gasteiger partial charge in [0.1, 0.15) is 5.82 Å². The summed E-state index contributed by atoms with van der Waals surface area (Å²) >= 11 is 6.43. The van der Waals surface area contributed by atoms with Crippen molar-refractivity contribution in [3.05, 3.63) is 58.6 Å². The third-order valence-corrected chi connectivity index (χ3v) is 8.25. The van der Waals surface area contributed by atoms with Gasteiger partial charge in [-0.05, 0) is 37.1 Å². The number of anilines is 1. The van der Waals surface area contributed by atoms with Gasteiger partial charge in [-0.3, -0.25) is 14.5 Å². The Morgan fingerprint density at radius 1 is 1.05 bits per heavy atom. The first-order valence-corrected chi connectivity index (χ1v) is 14.1. The van der Waals surface area contributed by atoms with Crippen molar-refractivity contribution in [1.82, 2.24) is 25.2 Å². The van der Waals surface area contributed by atoms with E-state index in [1.807, 2.05) is 4.90 Å². The fourth-order valence-electron chi connectivity index (χ4n) is 5.48. The lowest BCUT2D eigenvalue weighted by Crippen LogP contribution is -2.45. The Bertz CT molecular complexity index is 1490. The lowest BCUT2D eigenvalue weighted by atomic mass is 9.97. The molecular weight excluding hydrogens is 599 g/mol. The number of carboxylic acid groups (broad SMARTS) is 1. The number of carbonyl (C=O) groups excluding carboxylic acids is 1. The molecule has 0 aliphatic carbocycles. The van der Waals surface area contributed by atoms with Gasteiger partial charge in [-0.2, -0.15) is 13.2 Å². The highest BCUT2D eigenvalue weighted by atomic mass is 35.5. The molecule has 0 bridgehead atoms. The largest absolute Gasteiger partial charge is 0.481 e. The van der Waals surface area contributed by atoms with Gasteiger partial charge in [0.15, 0.2) is 0 Å². The summed E-state index contributed by atoms with van der Waals surface area (Å²) in [5.41, 5.74) is 0.856. The molecule has 230 valence electrons. The standard InChI is InChI=1S/C28H28ClF5N6O3/c29-19-2-3-20-18(1-4-22(38-20)40-9-5-16(6-10-40)25(42)43)23(19)24(41)35-15-21(39-11-7-27(30,31)8-12-39)17-13-36-26(37-14-17)28(32,33)34/h1-4,13-14,16,21H,5-12,15H2,(H,35,41)(H,42,43). The van der Waals surface area contributed by atoms with Crippen LogP contribution < -0.4 is 10.2 Å². The number of rotatable bonds is 7. The SMILES string of the molecule is O=C(NCC(c1cnc(C(F)(F)F)nc1)N1CCC(F)(F)CC1)c1c(Cl)ccc2nc(N3CCC(C(=O)O)CC3)ccc12. The summed E-state index contributed by atoms with van der Waals surface area (Å²) in [6.45, 7) is 0.831. The van der Waals surface area contributed by atoms with Crippen molar-refractivity contribution < 1.29 is 36.6 Å². The Labute approximate surface area is 248 Å². The number of aromatic nitrogens is 3. The molecule has 0 saturated carbocycles. The number of hydrogen-bond acceptors (Lipinski definition) is 7. The number of aliphatic carboxylic acids is 1. The number of fused-ring (bicyclic) bond motifs is 1. The summed E-state index contributed by atoms with van der Waals surface area (Å²) in [5.74, 6) is -5.34. The monoisotopic (exact) mass is 626 g/mol. The van der Waals surface area contributed by atoms with Crippen molar-refractivity contribution >= 4 is 40.2 Å². The normalized spacial score (nSPS) is 18.9. The van der Waals surface area contributed by atoms with Gasteiger partial charge in [0.05, 0.1) is 28.1 Å². The van der Waals surface area contributed by atoms with E-state index in [9.17, 15) is 36.6 Å². The smallest absolute Gasteiger partial charge is 0.451 e. The van der Waals surface area contributed by atoms with Gasteiger partial charge in [-0.25, -0.2) is 23.7 Å². The minimum atomic E-state index is -4.75. The van der Waals surface area contributed by atoms with Gasteiger partial charge in [-0.1, -0.05) is 11.6 Å². The zero-order valence-corrected chi connectivity index (χ0v) is 23.5. The molecule has 1 aromatic carbocycles. The Hall–Kier alpha value is -3.65. The molecule has 2 saturated heterocycles. The zero-order chi connectivity index (χ0) is 30.9. The Balaban J connectivity index is 1.36.